The zero-order valence-electron chi connectivity index (χ0n) is 16.1. The summed E-state index contributed by atoms with van der Waals surface area (Å²) < 4.78 is 22.9. The number of ether oxygens (including phenoxy) is 4. The Hall–Kier alpha value is -2.25. The van der Waals surface area contributed by atoms with E-state index in [0.717, 1.165) is 11.1 Å². The summed E-state index contributed by atoms with van der Waals surface area (Å²) in [4.78, 5) is 11.4. The molecular formula is C22H26O6. The zero-order valence-corrected chi connectivity index (χ0v) is 16.1. The SMILES string of the molecule is CC(=O)O[C@@H]1OC(C)[C@H](OCc2ccccc2)[C@@H](OCc2ccccc2)C1O. The van der Waals surface area contributed by atoms with Gasteiger partial charge in [0.15, 0.2) is 0 Å². The van der Waals surface area contributed by atoms with Gasteiger partial charge >= 0.3 is 5.97 Å². The topological polar surface area (TPSA) is 74.2 Å². The molecule has 0 amide bonds. The molecule has 0 spiro atoms. The highest BCUT2D eigenvalue weighted by molar-refractivity contribution is 5.66. The molecule has 6 nitrogen and oxygen atoms in total. The van der Waals surface area contributed by atoms with E-state index >= 15 is 0 Å². The molecule has 5 atom stereocenters. The lowest BCUT2D eigenvalue weighted by molar-refractivity contribution is -0.301. The number of hydrogen-bond donors (Lipinski definition) is 1. The molecule has 6 heteroatoms. The summed E-state index contributed by atoms with van der Waals surface area (Å²) in [6.07, 6.45) is -3.92. The van der Waals surface area contributed by atoms with E-state index < -0.39 is 36.7 Å². The van der Waals surface area contributed by atoms with Crippen LogP contribution in [0, 0.1) is 0 Å². The minimum Gasteiger partial charge on any atom is -0.433 e. The highest BCUT2D eigenvalue weighted by atomic mass is 16.7. The number of esters is 1. The molecule has 2 aromatic rings. The van der Waals surface area contributed by atoms with Crippen molar-refractivity contribution in [2.45, 2.75) is 57.8 Å². The minimum atomic E-state index is -1.16. The Bertz CT molecular complexity index is 735. The lowest BCUT2D eigenvalue weighted by atomic mass is 9.99. The Morgan fingerprint density at radius 2 is 1.43 bits per heavy atom. The fraction of sp³-hybridized carbons (Fsp3) is 0.409. The maximum Gasteiger partial charge on any atom is 0.305 e. The standard InChI is InChI=1S/C22H26O6/c1-15-20(25-13-17-9-5-3-6-10-17)21(19(24)22(27-15)28-16(2)23)26-14-18-11-7-4-8-12-18/h3-12,15,19-22,24H,13-14H2,1-2H3/t15?,19?,20-,21-,22-/m0/s1. The summed E-state index contributed by atoms with van der Waals surface area (Å²) in [6, 6.07) is 19.4. The first-order chi connectivity index (χ1) is 13.5. The van der Waals surface area contributed by atoms with Crippen LogP contribution in [-0.4, -0.2) is 41.8 Å². The van der Waals surface area contributed by atoms with Crippen molar-refractivity contribution in [3.8, 4) is 0 Å². The Morgan fingerprint density at radius 1 is 0.929 bits per heavy atom. The van der Waals surface area contributed by atoms with Gasteiger partial charge in [0.2, 0.25) is 6.29 Å². The number of carbonyl (C=O) groups is 1. The van der Waals surface area contributed by atoms with E-state index in [9.17, 15) is 9.90 Å². The van der Waals surface area contributed by atoms with E-state index in [1.54, 1.807) is 0 Å². The van der Waals surface area contributed by atoms with Crippen LogP contribution in [-0.2, 0) is 37.0 Å². The number of aliphatic hydroxyl groups excluding tert-OH is 1. The highest BCUT2D eigenvalue weighted by Crippen LogP contribution is 2.28. The van der Waals surface area contributed by atoms with Crippen molar-refractivity contribution < 1.29 is 28.8 Å². The van der Waals surface area contributed by atoms with Gasteiger partial charge in [-0.2, -0.15) is 0 Å². The predicted molar refractivity (Wildman–Crippen MR) is 102 cm³/mol. The van der Waals surface area contributed by atoms with Gasteiger partial charge in [0.25, 0.3) is 0 Å². The number of benzene rings is 2. The van der Waals surface area contributed by atoms with E-state index in [0.29, 0.717) is 13.2 Å². The van der Waals surface area contributed by atoms with Crippen LogP contribution in [0.2, 0.25) is 0 Å². The molecule has 1 aliphatic heterocycles. The molecule has 3 rings (SSSR count). The van der Waals surface area contributed by atoms with Gasteiger partial charge in [-0.1, -0.05) is 60.7 Å². The number of rotatable bonds is 7. The molecule has 150 valence electrons. The smallest absolute Gasteiger partial charge is 0.305 e. The van der Waals surface area contributed by atoms with Crippen molar-refractivity contribution in [1.29, 1.82) is 0 Å². The van der Waals surface area contributed by atoms with E-state index in [4.69, 9.17) is 18.9 Å². The monoisotopic (exact) mass is 386 g/mol. The van der Waals surface area contributed by atoms with Crippen molar-refractivity contribution in [3.05, 3.63) is 71.8 Å². The highest BCUT2D eigenvalue weighted by Gasteiger charge is 2.46. The molecule has 0 aromatic heterocycles. The molecule has 0 bridgehead atoms. The summed E-state index contributed by atoms with van der Waals surface area (Å²) in [6.45, 7) is 3.75. The number of aliphatic hydroxyl groups is 1. The fourth-order valence-corrected chi connectivity index (χ4v) is 3.20. The van der Waals surface area contributed by atoms with Crippen molar-refractivity contribution in [3.63, 3.8) is 0 Å². The van der Waals surface area contributed by atoms with Crippen molar-refractivity contribution in [2.24, 2.45) is 0 Å². The van der Waals surface area contributed by atoms with Crippen LogP contribution in [0.3, 0.4) is 0 Å². The normalized spacial score (nSPS) is 27.3. The van der Waals surface area contributed by atoms with E-state index in [1.165, 1.54) is 6.92 Å². The first-order valence-corrected chi connectivity index (χ1v) is 9.36. The quantitative estimate of drug-likeness (QED) is 0.738. The first kappa shape index (κ1) is 20.5. The Labute approximate surface area is 165 Å². The average molecular weight is 386 g/mol. The van der Waals surface area contributed by atoms with Crippen LogP contribution in [0.15, 0.2) is 60.7 Å². The van der Waals surface area contributed by atoms with Crippen LogP contribution in [0.4, 0.5) is 0 Å². The predicted octanol–water partition coefficient (Wildman–Crippen LogP) is 2.83. The molecule has 1 heterocycles. The lowest BCUT2D eigenvalue weighted by Crippen LogP contribution is -2.59. The first-order valence-electron chi connectivity index (χ1n) is 9.36. The van der Waals surface area contributed by atoms with Crippen molar-refractivity contribution in [1.82, 2.24) is 0 Å². The van der Waals surface area contributed by atoms with Crippen molar-refractivity contribution in [2.75, 3.05) is 0 Å². The second-order valence-corrected chi connectivity index (χ2v) is 6.83. The van der Waals surface area contributed by atoms with Crippen LogP contribution in [0.1, 0.15) is 25.0 Å². The summed E-state index contributed by atoms with van der Waals surface area (Å²) in [5.74, 6) is -0.526. The molecule has 1 N–H and O–H groups in total. The van der Waals surface area contributed by atoms with Gasteiger partial charge in [-0.05, 0) is 18.1 Å². The largest absolute Gasteiger partial charge is 0.433 e. The maximum atomic E-state index is 11.4. The summed E-state index contributed by atoms with van der Waals surface area (Å²) in [7, 11) is 0. The van der Waals surface area contributed by atoms with Gasteiger partial charge in [-0.25, -0.2) is 0 Å². The fourth-order valence-electron chi connectivity index (χ4n) is 3.20. The average Bonchev–Trinajstić information content (AvgIpc) is 2.69. The molecule has 1 aliphatic rings. The molecule has 1 saturated heterocycles. The third-order valence-electron chi connectivity index (χ3n) is 4.60. The number of carbonyl (C=O) groups excluding carboxylic acids is 1. The Balaban J connectivity index is 1.72. The van der Waals surface area contributed by atoms with Crippen molar-refractivity contribution >= 4 is 5.97 Å². The van der Waals surface area contributed by atoms with E-state index in [1.807, 2.05) is 67.6 Å². The molecular weight excluding hydrogens is 360 g/mol. The number of hydrogen-bond acceptors (Lipinski definition) is 6. The molecule has 0 saturated carbocycles. The lowest BCUT2D eigenvalue weighted by Gasteiger charge is -2.42. The van der Waals surface area contributed by atoms with Gasteiger partial charge in [0.05, 0.1) is 19.3 Å². The van der Waals surface area contributed by atoms with Crippen LogP contribution >= 0.6 is 0 Å². The van der Waals surface area contributed by atoms with Gasteiger partial charge < -0.3 is 24.1 Å². The van der Waals surface area contributed by atoms with E-state index in [2.05, 4.69) is 0 Å². The Morgan fingerprint density at radius 3 is 1.93 bits per heavy atom. The van der Waals surface area contributed by atoms with Crippen LogP contribution in [0.25, 0.3) is 0 Å². The van der Waals surface area contributed by atoms with Gasteiger partial charge in [0, 0.05) is 6.92 Å². The Kier molecular flexibility index (Phi) is 7.17. The third kappa shape index (κ3) is 5.39. The summed E-state index contributed by atoms with van der Waals surface area (Å²) >= 11 is 0. The third-order valence-corrected chi connectivity index (χ3v) is 4.60. The second kappa shape index (κ2) is 9.80. The minimum absolute atomic E-state index is 0.299. The molecule has 2 unspecified atom stereocenters. The maximum absolute atomic E-state index is 11.4. The molecule has 28 heavy (non-hydrogen) atoms. The molecule has 2 aromatic carbocycles. The molecule has 0 radical (unpaired) electrons. The second-order valence-electron chi connectivity index (χ2n) is 6.83. The van der Waals surface area contributed by atoms with E-state index in [-0.39, 0.29) is 0 Å². The van der Waals surface area contributed by atoms with Gasteiger partial charge in [-0.3, -0.25) is 4.79 Å². The van der Waals surface area contributed by atoms with Crippen LogP contribution < -0.4 is 0 Å². The molecule has 1 fully saturated rings. The van der Waals surface area contributed by atoms with Gasteiger partial charge in [0.1, 0.15) is 18.3 Å². The summed E-state index contributed by atoms with van der Waals surface area (Å²) in [5.41, 5.74) is 1.98. The van der Waals surface area contributed by atoms with Crippen LogP contribution in [0.5, 0.6) is 0 Å². The van der Waals surface area contributed by atoms with Gasteiger partial charge in [-0.15, -0.1) is 0 Å². The summed E-state index contributed by atoms with van der Waals surface area (Å²) in [5, 5.41) is 10.7. The molecule has 0 aliphatic carbocycles. The zero-order chi connectivity index (χ0) is 19.9.